The quantitative estimate of drug-likeness (QED) is 0.668. The fraction of sp³-hybridized carbons (Fsp3) is 0.842. The smallest absolute Gasteiger partial charge is 0.410 e. The van der Waals surface area contributed by atoms with Crippen LogP contribution in [0.15, 0.2) is 0 Å². The highest BCUT2D eigenvalue weighted by atomic mass is 16.6. The molecule has 2 fully saturated rings. The highest BCUT2D eigenvalue weighted by Crippen LogP contribution is 2.33. The number of carbonyl (C=O) groups excluding carboxylic acids is 3. The van der Waals surface area contributed by atoms with E-state index in [0.29, 0.717) is 38.9 Å². The molecule has 1 unspecified atom stereocenters. The van der Waals surface area contributed by atoms with E-state index >= 15 is 0 Å². The molecular weight excluding hydrogens is 334 g/mol. The maximum Gasteiger partial charge on any atom is 0.410 e. The largest absolute Gasteiger partial charge is 0.441 e. The number of piperidine rings is 1. The summed E-state index contributed by atoms with van der Waals surface area (Å²) in [5.74, 6) is -0.236. The van der Waals surface area contributed by atoms with Crippen LogP contribution in [0.3, 0.4) is 0 Å². The number of likely N-dealkylation sites (tertiary alicyclic amines) is 1. The number of hydrogen-bond donors (Lipinski definition) is 1. The molecule has 7 heteroatoms. The summed E-state index contributed by atoms with van der Waals surface area (Å²) in [7, 11) is 0. The van der Waals surface area contributed by atoms with Gasteiger partial charge in [0, 0.05) is 39.4 Å². The third-order valence-corrected chi connectivity index (χ3v) is 5.39. The van der Waals surface area contributed by atoms with Crippen LogP contribution in [0.1, 0.15) is 65.7 Å². The Balaban J connectivity index is 1.84. The van der Waals surface area contributed by atoms with E-state index in [1.807, 2.05) is 11.8 Å². The van der Waals surface area contributed by atoms with E-state index in [1.165, 1.54) is 19.8 Å². The third-order valence-electron chi connectivity index (χ3n) is 5.39. The van der Waals surface area contributed by atoms with E-state index in [-0.39, 0.29) is 17.9 Å². The van der Waals surface area contributed by atoms with Crippen molar-refractivity contribution in [3.05, 3.63) is 0 Å². The lowest BCUT2D eigenvalue weighted by Crippen LogP contribution is -2.54. The minimum atomic E-state index is -0.470. The zero-order chi connectivity index (χ0) is 19.2. The van der Waals surface area contributed by atoms with Crippen molar-refractivity contribution >= 4 is 17.9 Å². The molecule has 2 aliphatic rings. The van der Waals surface area contributed by atoms with Crippen molar-refractivity contribution < 1.29 is 19.1 Å². The maximum absolute atomic E-state index is 12.6. The van der Waals surface area contributed by atoms with E-state index < -0.39 is 11.6 Å². The lowest BCUT2D eigenvalue weighted by atomic mass is 9.91. The second-order valence-corrected chi connectivity index (χ2v) is 7.52. The van der Waals surface area contributed by atoms with E-state index in [2.05, 4.69) is 12.2 Å². The van der Waals surface area contributed by atoms with E-state index in [1.54, 1.807) is 4.90 Å². The van der Waals surface area contributed by atoms with Gasteiger partial charge in [0.1, 0.15) is 11.6 Å². The Hall–Kier alpha value is -1.79. The van der Waals surface area contributed by atoms with E-state index in [0.717, 1.165) is 19.4 Å². The predicted octanol–water partition coefficient (Wildman–Crippen LogP) is 2.29. The van der Waals surface area contributed by atoms with E-state index in [4.69, 9.17) is 4.74 Å². The highest BCUT2D eigenvalue weighted by molar-refractivity contribution is 5.87. The van der Waals surface area contributed by atoms with Crippen LogP contribution in [-0.2, 0) is 14.3 Å². The van der Waals surface area contributed by atoms with Crippen LogP contribution in [-0.4, -0.2) is 65.5 Å². The molecule has 0 aliphatic carbocycles. The van der Waals surface area contributed by atoms with Gasteiger partial charge in [0.05, 0.1) is 6.54 Å². The minimum absolute atomic E-state index is 0.0432. The molecule has 2 saturated heterocycles. The van der Waals surface area contributed by atoms with Gasteiger partial charge in [-0.25, -0.2) is 4.79 Å². The number of rotatable bonds is 8. The Bertz CT molecular complexity index is 515. The first-order valence-electron chi connectivity index (χ1n) is 9.94. The van der Waals surface area contributed by atoms with Gasteiger partial charge < -0.3 is 19.9 Å². The lowest BCUT2D eigenvalue weighted by molar-refractivity contribution is -0.139. The van der Waals surface area contributed by atoms with Crippen molar-refractivity contribution in [3.63, 3.8) is 0 Å². The Kier molecular flexibility index (Phi) is 7.29. The number of nitrogens with zero attached hydrogens (tertiary/aromatic N) is 2. The Morgan fingerprint density at radius 3 is 2.46 bits per heavy atom. The van der Waals surface area contributed by atoms with Gasteiger partial charge >= 0.3 is 6.09 Å². The number of hydrogen-bond acceptors (Lipinski definition) is 4. The molecule has 2 rings (SSSR count). The Morgan fingerprint density at radius 1 is 1.19 bits per heavy atom. The zero-order valence-corrected chi connectivity index (χ0v) is 16.4. The van der Waals surface area contributed by atoms with Crippen LogP contribution in [0.4, 0.5) is 4.79 Å². The van der Waals surface area contributed by atoms with Gasteiger partial charge in [0.15, 0.2) is 0 Å². The number of nitrogens with one attached hydrogen (secondary N) is 1. The first-order chi connectivity index (χ1) is 12.4. The van der Waals surface area contributed by atoms with Gasteiger partial charge in [-0.3, -0.25) is 9.59 Å². The molecule has 2 heterocycles. The maximum atomic E-state index is 12.6. The molecule has 0 bridgehead atoms. The van der Waals surface area contributed by atoms with Crippen LogP contribution in [0, 0.1) is 0 Å². The molecule has 0 saturated carbocycles. The molecule has 148 valence electrons. The van der Waals surface area contributed by atoms with Crippen LogP contribution < -0.4 is 5.32 Å². The summed E-state index contributed by atoms with van der Waals surface area (Å²) in [5, 5.41) is 2.71. The summed E-state index contributed by atoms with van der Waals surface area (Å²) in [4.78, 5) is 39.6. The molecule has 0 aromatic heterocycles. The molecule has 2 aliphatic heterocycles. The highest BCUT2D eigenvalue weighted by Gasteiger charge is 2.47. The standard InChI is InChI=1S/C19H33N3O4/c1-4-6-7-8-11-22-14-19(26-18(22)25)9-12-21(13-10-19)17(24)16(5-2)20-15(3)23/h16H,4-14H2,1-3H3,(H,20,23). The first kappa shape index (κ1) is 20.5. The molecule has 26 heavy (non-hydrogen) atoms. The summed E-state index contributed by atoms with van der Waals surface area (Å²) in [5.41, 5.74) is -0.450. The van der Waals surface area contributed by atoms with Crippen molar-refractivity contribution in [2.45, 2.75) is 77.4 Å². The van der Waals surface area contributed by atoms with Gasteiger partial charge in [-0.05, 0) is 12.8 Å². The van der Waals surface area contributed by atoms with Crippen molar-refractivity contribution in [1.29, 1.82) is 0 Å². The van der Waals surface area contributed by atoms with Crippen LogP contribution in [0.25, 0.3) is 0 Å². The topological polar surface area (TPSA) is 78.9 Å². The lowest BCUT2D eigenvalue weighted by Gasteiger charge is -2.38. The summed E-state index contributed by atoms with van der Waals surface area (Å²) in [6.45, 7) is 7.99. The normalized spacial score (nSPS) is 20.2. The second-order valence-electron chi connectivity index (χ2n) is 7.52. The zero-order valence-electron chi connectivity index (χ0n) is 16.4. The number of amides is 3. The summed E-state index contributed by atoms with van der Waals surface area (Å²) < 4.78 is 5.72. The van der Waals surface area contributed by atoms with E-state index in [9.17, 15) is 14.4 Å². The van der Waals surface area contributed by atoms with Crippen LogP contribution >= 0.6 is 0 Å². The Morgan fingerprint density at radius 2 is 1.88 bits per heavy atom. The molecule has 3 amide bonds. The third kappa shape index (κ3) is 5.11. The van der Waals surface area contributed by atoms with Crippen molar-refractivity contribution in [2.24, 2.45) is 0 Å². The molecule has 0 aromatic rings. The molecule has 1 atom stereocenters. The van der Waals surface area contributed by atoms with Gasteiger partial charge in [-0.2, -0.15) is 0 Å². The Labute approximate surface area is 156 Å². The van der Waals surface area contributed by atoms with Gasteiger partial charge in [0.25, 0.3) is 0 Å². The molecule has 0 radical (unpaired) electrons. The second kappa shape index (κ2) is 9.24. The van der Waals surface area contributed by atoms with Crippen LogP contribution in [0.5, 0.6) is 0 Å². The minimum Gasteiger partial charge on any atom is -0.441 e. The molecule has 1 N–H and O–H groups in total. The number of unbranched alkanes of at least 4 members (excludes halogenated alkanes) is 3. The van der Waals surface area contributed by atoms with Crippen LogP contribution in [0.2, 0.25) is 0 Å². The van der Waals surface area contributed by atoms with Gasteiger partial charge in [-0.1, -0.05) is 33.1 Å². The fourth-order valence-corrected chi connectivity index (χ4v) is 3.79. The molecular formula is C19H33N3O4. The summed E-state index contributed by atoms with van der Waals surface area (Å²) >= 11 is 0. The summed E-state index contributed by atoms with van der Waals surface area (Å²) in [6, 6.07) is -0.470. The predicted molar refractivity (Wildman–Crippen MR) is 98.6 cm³/mol. The van der Waals surface area contributed by atoms with Gasteiger partial charge in [-0.15, -0.1) is 0 Å². The monoisotopic (exact) mass is 367 g/mol. The number of carbonyl (C=O) groups is 3. The van der Waals surface area contributed by atoms with Crippen molar-refractivity contribution in [2.75, 3.05) is 26.2 Å². The average Bonchev–Trinajstić information content (AvgIpc) is 2.91. The van der Waals surface area contributed by atoms with Crippen molar-refractivity contribution in [3.8, 4) is 0 Å². The average molecular weight is 367 g/mol. The molecule has 1 spiro atoms. The molecule has 0 aromatic carbocycles. The SMILES string of the molecule is CCCCCCN1CC2(CCN(C(=O)C(CC)NC(C)=O)CC2)OC1=O. The first-order valence-corrected chi connectivity index (χ1v) is 9.94. The van der Waals surface area contributed by atoms with Gasteiger partial charge in [0.2, 0.25) is 11.8 Å². The van der Waals surface area contributed by atoms with Crippen molar-refractivity contribution in [1.82, 2.24) is 15.1 Å². The summed E-state index contributed by atoms with van der Waals surface area (Å²) in [6.07, 6.45) is 6.19. The number of ether oxygens (including phenoxy) is 1. The molecule has 7 nitrogen and oxygen atoms in total. The fourth-order valence-electron chi connectivity index (χ4n) is 3.79.